The van der Waals surface area contributed by atoms with Crippen LogP contribution in [0.5, 0.6) is 0 Å². The fourth-order valence-corrected chi connectivity index (χ4v) is 8.02. The molecule has 0 bridgehead atoms. The van der Waals surface area contributed by atoms with Crippen LogP contribution in [0.25, 0.3) is 10.8 Å². The first-order valence-corrected chi connectivity index (χ1v) is 18.2. The first-order valence-electron chi connectivity index (χ1n) is 13.8. The number of nitrogens with one attached hydrogen (secondary N) is 1. The van der Waals surface area contributed by atoms with Crippen molar-refractivity contribution in [1.29, 1.82) is 0 Å². The van der Waals surface area contributed by atoms with Crippen molar-refractivity contribution in [1.82, 2.24) is 9.55 Å². The highest BCUT2D eigenvalue weighted by Gasteiger charge is 2.47. The first-order chi connectivity index (χ1) is 22.6. The SMILES string of the molecule is O=C(Nc1ccn([C@@H]2O[C@H](COP(=O)(O)OP(=O)(O)OP(=O)(O)OCc3ccc4ccccc4c3)[C@H](O)C2O)c(=O)n1)c1ccccc1. The largest absolute Gasteiger partial charge is 0.490 e. The first kappa shape index (κ1) is 35.9. The molecule has 1 amide bonds. The summed E-state index contributed by atoms with van der Waals surface area (Å²) in [5.41, 5.74) is -0.311. The number of phosphoric ester groups is 2. The standard InChI is InChI=1S/C27H28N3O15P3/c31-23-21(43-26(24(23)32)30-13-12-22(29-27(30)34)28-25(33)19-7-2-1-3-8-19)16-42-47(37,38)45-48(39,40)44-46(35,36)41-15-17-10-11-18-6-4-5-9-20(18)14-17/h1-14,21,23-24,26,31-32H,15-16H2,(H,35,36)(H,37,38)(H,39,40)(H,28,29,33,34)/t21-,23+,24?,26-/m1/s1. The Labute approximate surface area is 270 Å². The number of benzene rings is 3. The summed E-state index contributed by atoms with van der Waals surface area (Å²) in [6.45, 7) is -1.60. The summed E-state index contributed by atoms with van der Waals surface area (Å²) >= 11 is 0. The van der Waals surface area contributed by atoms with E-state index in [0.717, 1.165) is 21.5 Å². The van der Waals surface area contributed by atoms with Crippen molar-refractivity contribution in [3.05, 3.63) is 107 Å². The van der Waals surface area contributed by atoms with E-state index in [4.69, 9.17) is 9.26 Å². The van der Waals surface area contributed by atoms with Crippen molar-refractivity contribution >= 4 is 46.0 Å². The van der Waals surface area contributed by atoms with Crippen LogP contribution < -0.4 is 11.0 Å². The Hall–Kier alpha value is -3.44. The number of aliphatic hydroxyl groups is 2. The molecule has 1 fully saturated rings. The van der Waals surface area contributed by atoms with E-state index >= 15 is 0 Å². The van der Waals surface area contributed by atoms with Crippen molar-refractivity contribution in [2.75, 3.05) is 11.9 Å². The highest BCUT2D eigenvalue weighted by atomic mass is 31.3. The molecule has 1 saturated heterocycles. The normalized spacial score (nSPS) is 23.2. The summed E-state index contributed by atoms with van der Waals surface area (Å²) in [5, 5.41) is 25.0. The van der Waals surface area contributed by atoms with Crippen LogP contribution in [0.15, 0.2) is 89.9 Å². The average molecular weight is 727 g/mol. The summed E-state index contributed by atoms with van der Waals surface area (Å²) in [7, 11) is -16.7. The number of amides is 1. The second-order valence-electron chi connectivity index (χ2n) is 10.2. The molecular formula is C27H28N3O15P3. The second-order valence-corrected chi connectivity index (χ2v) is 14.8. The predicted octanol–water partition coefficient (Wildman–Crippen LogP) is 2.84. The molecule has 5 rings (SSSR count). The number of fused-ring (bicyclic) bond motifs is 1. The molecule has 2 heterocycles. The van der Waals surface area contributed by atoms with Gasteiger partial charge in [0.05, 0.1) is 13.2 Å². The van der Waals surface area contributed by atoms with Crippen molar-refractivity contribution in [3.8, 4) is 0 Å². The van der Waals surface area contributed by atoms with Gasteiger partial charge < -0.3 is 34.9 Å². The van der Waals surface area contributed by atoms with Gasteiger partial charge in [0.25, 0.3) is 5.91 Å². The van der Waals surface area contributed by atoms with Gasteiger partial charge in [-0.2, -0.15) is 13.6 Å². The summed E-state index contributed by atoms with van der Waals surface area (Å²) in [5.74, 6) is -0.674. The highest BCUT2D eigenvalue weighted by molar-refractivity contribution is 7.66. The van der Waals surface area contributed by atoms with E-state index in [0.29, 0.717) is 11.1 Å². The van der Waals surface area contributed by atoms with Gasteiger partial charge in [-0.25, -0.2) is 18.5 Å². The molecule has 0 radical (unpaired) electrons. The molecule has 21 heteroatoms. The van der Waals surface area contributed by atoms with E-state index < -0.39 is 72.8 Å². The number of hydrogen-bond acceptors (Lipinski definition) is 13. The van der Waals surface area contributed by atoms with Crippen LogP contribution >= 0.6 is 23.5 Å². The molecule has 48 heavy (non-hydrogen) atoms. The molecule has 4 aromatic rings. The van der Waals surface area contributed by atoms with E-state index in [1.54, 1.807) is 60.7 Å². The van der Waals surface area contributed by atoms with E-state index in [1.807, 2.05) is 12.1 Å². The Kier molecular flexibility index (Phi) is 10.9. The Morgan fingerprint density at radius 3 is 2.17 bits per heavy atom. The molecule has 0 spiro atoms. The Bertz CT molecular complexity index is 2000. The molecule has 1 aromatic heterocycles. The zero-order chi connectivity index (χ0) is 34.7. The van der Waals surface area contributed by atoms with Crippen molar-refractivity contribution in [2.45, 2.75) is 31.1 Å². The van der Waals surface area contributed by atoms with E-state index in [-0.39, 0.29) is 5.82 Å². The molecule has 18 nitrogen and oxygen atoms in total. The second kappa shape index (κ2) is 14.6. The monoisotopic (exact) mass is 727 g/mol. The molecule has 1 aliphatic heterocycles. The van der Waals surface area contributed by atoms with Gasteiger partial charge in [-0.05, 0) is 40.6 Å². The number of aromatic nitrogens is 2. The molecular weight excluding hydrogens is 699 g/mol. The van der Waals surface area contributed by atoms with Crippen LogP contribution in [-0.4, -0.2) is 65.3 Å². The molecule has 3 aromatic carbocycles. The summed E-state index contributed by atoms with van der Waals surface area (Å²) in [6.07, 6.45) is -5.70. The third-order valence-corrected chi connectivity index (χ3v) is 11.0. The molecule has 0 saturated carbocycles. The van der Waals surface area contributed by atoms with Crippen LogP contribution in [-0.2, 0) is 42.7 Å². The van der Waals surface area contributed by atoms with Crippen molar-refractivity contribution < 1.29 is 65.8 Å². The van der Waals surface area contributed by atoms with Gasteiger partial charge in [-0.1, -0.05) is 54.6 Å². The maximum atomic E-state index is 12.6. The van der Waals surface area contributed by atoms with Crippen LogP contribution in [0.4, 0.5) is 5.82 Å². The molecule has 7 atom stereocenters. The number of phosphoric acid groups is 3. The predicted molar refractivity (Wildman–Crippen MR) is 165 cm³/mol. The van der Waals surface area contributed by atoms with Gasteiger partial charge in [0, 0.05) is 11.8 Å². The third kappa shape index (κ3) is 9.16. The van der Waals surface area contributed by atoms with Gasteiger partial charge >= 0.3 is 29.2 Å². The fraction of sp³-hybridized carbons (Fsp3) is 0.222. The van der Waals surface area contributed by atoms with E-state index in [2.05, 4.69) is 23.4 Å². The Morgan fingerprint density at radius 1 is 0.833 bits per heavy atom. The van der Waals surface area contributed by atoms with Crippen molar-refractivity contribution in [2.24, 2.45) is 0 Å². The molecule has 6 N–H and O–H groups in total. The number of aliphatic hydroxyl groups excluding tert-OH is 2. The number of carbonyl (C=O) groups is 1. The molecule has 0 aliphatic carbocycles. The molecule has 256 valence electrons. The lowest BCUT2D eigenvalue weighted by molar-refractivity contribution is -0.0541. The van der Waals surface area contributed by atoms with E-state index in [1.165, 1.54) is 6.07 Å². The third-order valence-electron chi connectivity index (χ3n) is 6.74. The zero-order valence-electron chi connectivity index (χ0n) is 24.4. The molecule has 4 unspecified atom stereocenters. The highest BCUT2D eigenvalue weighted by Crippen LogP contribution is 2.68. The zero-order valence-corrected chi connectivity index (χ0v) is 27.0. The Morgan fingerprint density at radius 2 is 1.48 bits per heavy atom. The van der Waals surface area contributed by atoms with Gasteiger partial charge in [-0.3, -0.25) is 18.4 Å². The smallest absolute Gasteiger partial charge is 0.387 e. The number of rotatable bonds is 13. The van der Waals surface area contributed by atoms with Crippen LogP contribution in [0, 0.1) is 0 Å². The lowest BCUT2D eigenvalue weighted by Crippen LogP contribution is -2.36. The lowest BCUT2D eigenvalue weighted by Gasteiger charge is -2.20. The fourth-order valence-electron chi connectivity index (χ4n) is 4.53. The van der Waals surface area contributed by atoms with Gasteiger partial charge in [0.15, 0.2) is 6.23 Å². The lowest BCUT2D eigenvalue weighted by atomic mass is 10.1. The number of nitrogens with zero attached hydrogens (tertiary/aromatic N) is 2. The topological polar surface area (TPSA) is 262 Å². The maximum absolute atomic E-state index is 12.6. The number of hydrogen-bond donors (Lipinski definition) is 6. The number of carbonyl (C=O) groups excluding carboxylic acids is 1. The van der Waals surface area contributed by atoms with Crippen LogP contribution in [0.3, 0.4) is 0 Å². The van der Waals surface area contributed by atoms with Gasteiger partial charge in [0.2, 0.25) is 0 Å². The van der Waals surface area contributed by atoms with Crippen molar-refractivity contribution in [3.63, 3.8) is 0 Å². The summed E-state index contributed by atoms with van der Waals surface area (Å²) < 4.78 is 60.6. The maximum Gasteiger partial charge on any atom is 0.490 e. The van der Waals surface area contributed by atoms with Crippen LogP contribution in [0.1, 0.15) is 22.1 Å². The number of ether oxygens (including phenoxy) is 1. The van der Waals surface area contributed by atoms with Gasteiger partial charge in [0.1, 0.15) is 24.1 Å². The summed E-state index contributed by atoms with van der Waals surface area (Å²) in [4.78, 5) is 58.4. The summed E-state index contributed by atoms with van der Waals surface area (Å²) in [6, 6.07) is 21.4. The minimum Gasteiger partial charge on any atom is -0.387 e. The van der Waals surface area contributed by atoms with E-state index in [9.17, 15) is 48.2 Å². The molecule has 1 aliphatic rings. The van der Waals surface area contributed by atoms with Gasteiger partial charge in [-0.15, -0.1) is 0 Å². The minimum absolute atomic E-state index is 0.126. The average Bonchev–Trinajstić information content (AvgIpc) is 3.31. The quantitative estimate of drug-likeness (QED) is 0.108. The van der Waals surface area contributed by atoms with Crippen LogP contribution in [0.2, 0.25) is 0 Å². The Balaban J connectivity index is 1.14. The number of anilines is 1. The minimum atomic E-state index is -5.80.